The van der Waals surface area contributed by atoms with E-state index >= 15 is 0 Å². The lowest BCUT2D eigenvalue weighted by atomic mass is 10.0. The number of ether oxygens (including phenoxy) is 1. The van der Waals surface area contributed by atoms with Gasteiger partial charge < -0.3 is 27.2 Å². The van der Waals surface area contributed by atoms with Crippen molar-refractivity contribution in [3.05, 3.63) is 29.3 Å². The predicted molar refractivity (Wildman–Crippen MR) is 84.6 cm³/mol. The molecule has 0 saturated heterocycles. The Labute approximate surface area is 135 Å². The number of likely N-dealkylation sites (N-methyl/N-ethyl adjacent to an activating group) is 1. The summed E-state index contributed by atoms with van der Waals surface area (Å²) >= 11 is 0. The van der Waals surface area contributed by atoms with E-state index in [2.05, 4.69) is 57.7 Å². The number of nitrogens with zero attached hydrogens (tertiary/aromatic N) is 1. The molecule has 0 amide bonds. The molecule has 0 bridgehead atoms. The van der Waals surface area contributed by atoms with E-state index in [0.717, 1.165) is 18.8 Å². The Hall–Kier alpha value is -0.770. The molecule has 122 valence electrons. The molecule has 0 aliphatic rings. The van der Waals surface area contributed by atoms with Crippen LogP contribution < -0.4 is 17.1 Å². The van der Waals surface area contributed by atoms with Crippen LogP contribution in [0.5, 0.6) is 5.75 Å². The van der Waals surface area contributed by atoms with Gasteiger partial charge in [-0.1, -0.05) is 39.8 Å². The number of rotatable bonds is 8. The Morgan fingerprint density at radius 3 is 2.33 bits per heavy atom. The largest absolute Gasteiger partial charge is 1.00 e. The van der Waals surface area contributed by atoms with Crippen molar-refractivity contribution in [2.75, 3.05) is 26.2 Å². The molecule has 0 fully saturated rings. The quantitative estimate of drug-likeness (QED) is 0.744. The van der Waals surface area contributed by atoms with Crippen LogP contribution in [0.25, 0.3) is 0 Å². The summed E-state index contributed by atoms with van der Waals surface area (Å²) in [6.07, 6.45) is -0.449. The van der Waals surface area contributed by atoms with Crippen LogP contribution in [-0.2, 0) is 0 Å². The molecule has 1 atom stereocenters. The first-order chi connectivity index (χ1) is 9.47. The summed E-state index contributed by atoms with van der Waals surface area (Å²) in [6, 6.07) is 6.28. The minimum Gasteiger partial charge on any atom is -1.00 e. The molecule has 0 heterocycles. The highest BCUT2D eigenvalue weighted by Crippen LogP contribution is 2.27. The van der Waals surface area contributed by atoms with Gasteiger partial charge in [-0.25, -0.2) is 0 Å². The SMILES string of the molecule is CCN(CC)CC(O)COc1cc(C)ccc1C(C)C.[Cl-]. The maximum absolute atomic E-state index is 10.1. The van der Waals surface area contributed by atoms with Crippen LogP contribution in [0, 0.1) is 6.92 Å². The number of aryl methyl sites for hydroxylation is 1. The molecule has 4 heteroatoms. The average molecular weight is 315 g/mol. The number of benzene rings is 1. The van der Waals surface area contributed by atoms with Gasteiger partial charge in [0.1, 0.15) is 18.5 Å². The van der Waals surface area contributed by atoms with Crippen LogP contribution in [0.1, 0.15) is 44.7 Å². The lowest BCUT2D eigenvalue weighted by molar-refractivity contribution is -0.00000662. The van der Waals surface area contributed by atoms with Gasteiger partial charge in [0.25, 0.3) is 0 Å². The topological polar surface area (TPSA) is 32.7 Å². The lowest BCUT2D eigenvalue weighted by Gasteiger charge is -2.23. The third-order valence-corrected chi connectivity index (χ3v) is 3.59. The van der Waals surface area contributed by atoms with Crippen LogP contribution in [0.2, 0.25) is 0 Å². The Kier molecular flexibility index (Phi) is 9.67. The molecule has 0 aliphatic carbocycles. The van der Waals surface area contributed by atoms with Crippen LogP contribution >= 0.6 is 0 Å². The van der Waals surface area contributed by atoms with Gasteiger partial charge in [0.05, 0.1) is 0 Å². The van der Waals surface area contributed by atoms with Gasteiger partial charge in [0.2, 0.25) is 0 Å². The van der Waals surface area contributed by atoms with Gasteiger partial charge in [-0.05, 0) is 43.1 Å². The lowest BCUT2D eigenvalue weighted by Crippen LogP contribution is -3.00. The van der Waals surface area contributed by atoms with Crippen molar-refractivity contribution < 1.29 is 22.3 Å². The highest BCUT2D eigenvalue weighted by molar-refractivity contribution is 5.39. The Morgan fingerprint density at radius 2 is 1.81 bits per heavy atom. The van der Waals surface area contributed by atoms with Crippen molar-refractivity contribution in [1.29, 1.82) is 0 Å². The van der Waals surface area contributed by atoms with E-state index in [1.54, 1.807) is 0 Å². The highest BCUT2D eigenvalue weighted by Gasteiger charge is 2.12. The fourth-order valence-corrected chi connectivity index (χ4v) is 2.26. The van der Waals surface area contributed by atoms with Crippen LogP contribution in [-0.4, -0.2) is 42.4 Å². The molecule has 1 N–H and O–H groups in total. The number of hydrogen-bond donors (Lipinski definition) is 1. The normalized spacial score (nSPS) is 12.4. The first-order valence-electron chi connectivity index (χ1n) is 7.61. The van der Waals surface area contributed by atoms with Crippen molar-refractivity contribution in [1.82, 2.24) is 4.90 Å². The molecule has 0 saturated carbocycles. The molecule has 0 radical (unpaired) electrons. The first-order valence-corrected chi connectivity index (χ1v) is 7.61. The van der Waals surface area contributed by atoms with Crippen LogP contribution in [0.4, 0.5) is 0 Å². The number of halogens is 1. The van der Waals surface area contributed by atoms with Crippen molar-refractivity contribution in [2.24, 2.45) is 0 Å². The monoisotopic (exact) mass is 314 g/mol. The molecular weight excluding hydrogens is 286 g/mol. The van der Waals surface area contributed by atoms with E-state index < -0.39 is 6.10 Å². The van der Waals surface area contributed by atoms with E-state index in [-0.39, 0.29) is 12.4 Å². The zero-order valence-electron chi connectivity index (χ0n) is 13.9. The van der Waals surface area contributed by atoms with Gasteiger partial charge in [0, 0.05) is 6.54 Å². The average Bonchev–Trinajstić information content (AvgIpc) is 2.42. The third kappa shape index (κ3) is 6.68. The molecule has 0 aromatic heterocycles. The van der Waals surface area contributed by atoms with Gasteiger partial charge in [-0.3, -0.25) is 0 Å². The Morgan fingerprint density at radius 1 is 1.19 bits per heavy atom. The molecule has 3 nitrogen and oxygen atoms in total. The van der Waals surface area contributed by atoms with E-state index in [1.807, 2.05) is 0 Å². The second kappa shape index (κ2) is 10.0. The van der Waals surface area contributed by atoms with Crippen molar-refractivity contribution >= 4 is 0 Å². The summed E-state index contributed by atoms with van der Waals surface area (Å²) in [6.45, 7) is 13.5. The maximum Gasteiger partial charge on any atom is 0.123 e. The summed E-state index contributed by atoms with van der Waals surface area (Å²) in [5, 5.41) is 10.1. The Bertz CT molecular complexity index is 406. The second-order valence-corrected chi connectivity index (χ2v) is 5.65. The van der Waals surface area contributed by atoms with Crippen LogP contribution in [0.3, 0.4) is 0 Å². The summed E-state index contributed by atoms with van der Waals surface area (Å²) in [7, 11) is 0. The molecular formula is C17H29ClNO2-. The number of hydrogen-bond acceptors (Lipinski definition) is 3. The first kappa shape index (κ1) is 20.2. The smallest absolute Gasteiger partial charge is 0.123 e. The molecule has 1 aromatic rings. The fourth-order valence-electron chi connectivity index (χ4n) is 2.26. The molecule has 1 aromatic carbocycles. The van der Waals surface area contributed by atoms with Gasteiger partial charge in [-0.2, -0.15) is 0 Å². The predicted octanol–water partition coefficient (Wildman–Crippen LogP) is 0.204. The van der Waals surface area contributed by atoms with Crippen LogP contribution in [0.15, 0.2) is 18.2 Å². The van der Waals surface area contributed by atoms with Gasteiger partial charge in [-0.15, -0.1) is 0 Å². The Balaban J connectivity index is 0.00000400. The van der Waals surface area contributed by atoms with Gasteiger partial charge in [0.15, 0.2) is 0 Å². The van der Waals surface area contributed by atoms with E-state index in [1.165, 1.54) is 11.1 Å². The summed E-state index contributed by atoms with van der Waals surface area (Å²) in [5.41, 5.74) is 2.38. The summed E-state index contributed by atoms with van der Waals surface area (Å²) in [4.78, 5) is 2.20. The summed E-state index contributed by atoms with van der Waals surface area (Å²) in [5.74, 6) is 1.32. The van der Waals surface area contributed by atoms with Crippen molar-refractivity contribution in [2.45, 2.75) is 46.6 Å². The fraction of sp³-hybridized carbons (Fsp3) is 0.647. The zero-order chi connectivity index (χ0) is 15.1. The molecule has 1 unspecified atom stereocenters. The number of aliphatic hydroxyl groups is 1. The molecule has 0 aliphatic heterocycles. The molecule has 21 heavy (non-hydrogen) atoms. The maximum atomic E-state index is 10.1. The molecule has 1 rings (SSSR count). The number of aliphatic hydroxyl groups excluding tert-OH is 1. The highest BCUT2D eigenvalue weighted by atomic mass is 35.5. The standard InChI is InChI=1S/C17H29NO2.ClH/c1-6-18(7-2)11-15(19)12-20-17-10-14(5)8-9-16(17)13(3)4;/h8-10,13,15,19H,6-7,11-12H2,1-5H3;1H/p-1. The van der Waals surface area contributed by atoms with E-state index in [0.29, 0.717) is 19.1 Å². The van der Waals surface area contributed by atoms with Crippen molar-refractivity contribution in [3.8, 4) is 5.75 Å². The molecule has 0 spiro atoms. The minimum absolute atomic E-state index is 0. The summed E-state index contributed by atoms with van der Waals surface area (Å²) < 4.78 is 5.85. The van der Waals surface area contributed by atoms with Crippen molar-refractivity contribution in [3.63, 3.8) is 0 Å². The minimum atomic E-state index is -0.449. The second-order valence-electron chi connectivity index (χ2n) is 5.65. The zero-order valence-corrected chi connectivity index (χ0v) is 14.7. The van der Waals surface area contributed by atoms with E-state index in [9.17, 15) is 5.11 Å². The van der Waals surface area contributed by atoms with E-state index in [4.69, 9.17) is 4.74 Å². The third-order valence-electron chi connectivity index (χ3n) is 3.59. The van der Waals surface area contributed by atoms with Gasteiger partial charge >= 0.3 is 0 Å².